The van der Waals surface area contributed by atoms with E-state index in [0.717, 1.165) is 5.69 Å². The largest absolute Gasteiger partial charge is 0.305 e. The van der Waals surface area contributed by atoms with Gasteiger partial charge in [0.15, 0.2) is 0 Å². The number of rotatable bonds is 2. The van der Waals surface area contributed by atoms with Crippen LogP contribution < -0.4 is 5.84 Å². The molecule has 4 heteroatoms. The summed E-state index contributed by atoms with van der Waals surface area (Å²) in [6.45, 7) is 2.02. The minimum atomic E-state index is 0.841. The van der Waals surface area contributed by atoms with Gasteiger partial charge in [-0.05, 0) is 19.1 Å². The van der Waals surface area contributed by atoms with Gasteiger partial charge in [-0.3, -0.25) is 0 Å². The van der Waals surface area contributed by atoms with Gasteiger partial charge in [-0.1, -0.05) is 22.9 Å². The van der Waals surface area contributed by atoms with Crippen molar-refractivity contribution in [3.05, 3.63) is 29.8 Å². The predicted octanol–water partition coefficient (Wildman–Crippen LogP) is 1.98. The minimum Gasteiger partial charge on any atom is -0.305 e. The second-order valence-corrected chi connectivity index (χ2v) is 2.31. The maximum Gasteiger partial charge on any atom is 0.140 e. The highest BCUT2D eigenvalue weighted by Gasteiger charge is 1.85. The third kappa shape index (κ3) is 2.49. The van der Waals surface area contributed by atoms with Gasteiger partial charge in [-0.15, -0.1) is 5.11 Å². The fourth-order valence-electron chi connectivity index (χ4n) is 0.753. The van der Waals surface area contributed by atoms with E-state index in [-0.39, 0.29) is 0 Å². The molecule has 0 atom stereocenters. The molecule has 0 radical (unpaired) electrons. The third-order valence-corrected chi connectivity index (χ3v) is 1.36. The number of nitrogens with two attached hydrogens (primary N) is 1. The molecule has 0 heterocycles. The number of aliphatic imine (C=N–C) groups is 1. The lowest BCUT2D eigenvalue weighted by Gasteiger charge is -1.91. The zero-order chi connectivity index (χ0) is 8.81. The monoisotopic (exact) mass is 162 g/mol. The molecule has 2 N–H and O–H groups in total. The van der Waals surface area contributed by atoms with Gasteiger partial charge in [0.1, 0.15) is 6.34 Å². The summed E-state index contributed by atoms with van der Waals surface area (Å²) in [6, 6.07) is 7.76. The van der Waals surface area contributed by atoms with Crippen LogP contribution in [0, 0.1) is 6.92 Å². The van der Waals surface area contributed by atoms with E-state index in [4.69, 9.17) is 5.84 Å². The van der Waals surface area contributed by atoms with Crippen LogP contribution in [0.4, 0.5) is 5.69 Å². The molecule has 0 aliphatic rings. The lowest BCUT2D eigenvalue weighted by Crippen LogP contribution is -1.75. The van der Waals surface area contributed by atoms with E-state index < -0.39 is 0 Å². The quantitative estimate of drug-likeness (QED) is 0.233. The van der Waals surface area contributed by atoms with Gasteiger partial charge < -0.3 is 5.84 Å². The van der Waals surface area contributed by atoms with Crippen LogP contribution in [-0.4, -0.2) is 6.34 Å². The molecule has 62 valence electrons. The Bertz CT molecular complexity index is 286. The number of hydrogen-bond acceptors (Lipinski definition) is 2. The van der Waals surface area contributed by atoms with Gasteiger partial charge in [0.05, 0.1) is 5.69 Å². The molecule has 0 aliphatic heterocycles. The first-order valence-electron chi connectivity index (χ1n) is 3.52. The second-order valence-electron chi connectivity index (χ2n) is 2.31. The second kappa shape index (κ2) is 4.23. The average molecular weight is 162 g/mol. The first-order valence-corrected chi connectivity index (χ1v) is 3.52. The molecule has 0 fully saturated rings. The molecule has 1 aromatic carbocycles. The van der Waals surface area contributed by atoms with Crippen molar-refractivity contribution in [3.8, 4) is 0 Å². The number of nitrogens with zero attached hydrogens (tertiary/aromatic N) is 3. The van der Waals surface area contributed by atoms with Crippen LogP contribution in [0.15, 0.2) is 39.6 Å². The smallest absolute Gasteiger partial charge is 0.140 e. The Morgan fingerprint density at radius 1 is 1.25 bits per heavy atom. The molecule has 0 amide bonds. The first-order chi connectivity index (χ1) is 5.83. The third-order valence-electron chi connectivity index (χ3n) is 1.36. The van der Waals surface area contributed by atoms with Crippen LogP contribution in [0.1, 0.15) is 5.56 Å². The minimum absolute atomic E-state index is 0.841. The van der Waals surface area contributed by atoms with Gasteiger partial charge in [0.25, 0.3) is 0 Å². The summed E-state index contributed by atoms with van der Waals surface area (Å²) in [5.74, 6) is 4.78. The first kappa shape index (κ1) is 8.39. The van der Waals surface area contributed by atoms with E-state index in [1.165, 1.54) is 11.9 Å². The molecule has 0 saturated heterocycles. The lowest BCUT2D eigenvalue weighted by molar-refractivity contribution is 1.09. The van der Waals surface area contributed by atoms with Crippen LogP contribution in [0.25, 0.3) is 0 Å². The van der Waals surface area contributed by atoms with Gasteiger partial charge >= 0.3 is 0 Å². The van der Waals surface area contributed by atoms with Crippen molar-refractivity contribution >= 4 is 12.0 Å². The highest BCUT2D eigenvalue weighted by molar-refractivity contribution is 5.60. The van der Waals surface area contributed by atoms with Gasteiger partial charge in [-0.25, -0.2) is 4.99 Å². The van der Waals surface area contributed by atoms with Crippen molar-refractivity contribution < 1.29 is 0 Å². The normalized spacial score (nSPS) is 11.4. The van der Waals surface area contributed by atoms with Crippen LogP contribution in [0.5, 0.6) is 0 Å². The van der Waals surface area contributed by atoms with Crippen molar-refractivity contribution in [2.45, 2.75) is 6.92 Å². The summed E-state index contributed by atoms with van der Waals surface area (Å²) in [5.41, 5.74) is 2.04. The summed E-state index contributed by atoms with van der Waals surface area (Å²) in [4.78, 5) is 3.97. The number of hydrogen-bond donors (Lipinski definition) is 1. The van der Waals surface area contributed by atoms with Gasteiger partial charge in [0, 0.05) is 0 Å². The predicted molar refractivity (Wildman–Crippen MR) is 48.4 cm³/mol. The van der Waals surface area contributed by atoms with E-state index in [1.807, 2.05) is 31.2 Å². The molecule has 1 rings (SSSR count). The highest BCUT2D eigenvalue weighted by Crippen LogP contribution is 2.11. The molecule has 4 nitrogen and oxygen atoms in total. The maximum atomic E-state index is 4.78. The van der Waals surface area contributed by atoms with Crippen molar-refractivity contribution in [3.63, 3.8) is 0 Å². The fourth-order valence-corrected chi connectivity index (χ4v) is 0.753. The molecular weight excluding hydrogens is 152 g/mol. The SMILES string of the molecule is Cc1ccc(N=CN=NN)cc1. The molecule has 0 unspecified atom stereocenters. The van der Waals surface area contributed by atoms with Crippen LogP contribution >= 0.6 is 0 Å². The summed E-state index contributed by atoms with van der Waals surface area (Å²) in [5, 5.41) is 6.44. The number of benzene rings is 1. The van der Waals surface area contributed by atoms with Gasteiger partial charge in [-0.2, -0.15) is 0 Å². The molecular formula is C8H10N4. The molecule has 0 aliphatic carbocycles. The van der Waals surface area contributed by atoms with Crippen LogP contribution in [0.3, 0.4) is 0 Å². The van der Waals surface area contributed by atoms with E-state index in [0.29, 0.717) is 0 Å². The molecule has 1 aromatic rings. The van der Waals surface area contributed by atoms with E-state index in [9.17, 15) is 0 Å². The Labute approximate surface area is 70.8 Å². The fraction of sp³-hybridized carbons (Fsp3) is 0.125. The zero-order valence-electron chi connectivity index (χ0n) is 6.81. The topological polar surface area (TPSA) is 63.1 Å². The van der Waals surface area contributed by atoms with E-state index >= 15 is 0 Å². The van der Waals surface area contributed by atoms with Crippen molar-refractivity contribution in [2.24, 2.45) is 21.2 Å². The van der Waals surface area contributed by atoms with E-state index in [2.05, 4.69) is 15.3 Å². The summed E-state index contributed by atoms with van der Waals surface area (Å²) >= 11 is 0. The Morgan fingerprint density at radius 2 is 1.92 bits per heavy atom. The Morgan fingerprint density at radius 3 is 2.50 bits per heavy atom. The zero-order valence-corrected chi connectivity index (χ0v) is 6.81. The number of aryl methyl sites for hydroxylation is 1. The molecule has 0 saturated carbocycles. The van der Waals surface area contributed by atoms with Crippen molar-refractivity contribution in [2.75, 3.05) is 0 Å². The van der Waals surface area contributed by atoms with Crippen molar-refractivity contribution in [1.29, 1.82) is 0 Å². The van der Waals surface area contributed by atoms with Gasteiger partial charge in [0.2, 0.25) is 0 Å². The summed E-state index contributed by atoms with van der Waals surface area (Å²) in [7, 11) is 0. The maximum absolute atomic E-state index is 4.78. The Kier molecular flexibility index (Phi) is 2.95. The molecule has 0 aromatic heterocycles. The Hall–Kier alpha value is -1.71. The molecule has 0 bridgehead atoms. The summed E-state index contributed by atoms with van der Waals surface area (Å²) < 4.78 is 0. The summed E-state index contributed by atoms with van der Waals surface area (Å²) in [6.07, 6.45) is 1.31. The standard InChI is InChI=1S/C8H10N4/c1-7-2-4-8(5-3-7)10-6-11-12-9/h2-6H,1H3,(H2,9,10,11). The average Bonchev–Trinajstić information content (AvgIpc) is 2.09. The highest BCUT2D eigenvalue weighted by atomic mass is 15.3. The van der Waals surface area contributed by atoms with Crippen molar-refractivity contribution in [1.82, 2.24) is 0 Å². The van der Waals surface area contributed by atoms with Crippen LogP contribution in [-0.2, 0) is 0 Å². The molecule has 0 spiro atoms. The van der Waals surface area contributed by atoms with Crippen LogP contribution in [0.2, 0.25) is 0 Å². The molecule has 12 heavy (non-hydrogen) atoms. The Balaban J connectivity index is 2.70. The van der Waals surface area contributed by atoms with E-state index in [1.54, 1.807) is 0 Å². The lowest BCUT2D eigenvalue weighted by atomic mass is 10.2.